The predicted octanol–water partition coefficient (Wildman–Crippen LogP) is 1.60. The van der Waals surface area contributed by atoms with Crippen molar-refractivity contribution in [1.29, 1.82) is 0 Å². The Morgan fingerprint density at radius 1 is 1.09 bits per heavy atom. The fourth-order valence-electron chi connectivity index (χ4n) is 4.85. The van der Waals surface area contributed by atoms with Crippen LogP contribution >= 0.6 is 24.0 Å². The zero-order chi connectivity index (χ0) is 22.0. The van der Waals surface area contributed by atoms with Crippen molar-refractivity contribution >= 4 is 53.1 Å². The van der Waals surface area contributed by atoms with E-state index < -0.39 is 4.92 Å². The summed E-state index contributed by atoms with van der Waals surface area (Å²) in [4.78, 5) is 41.5. The number of carbonyl (C=O) groups is 2. The average molecular weight is 554 g/mol. The SMILES string of the molecule is CN=C(NCCNc1ccccc1[N+](=O)[O-])NCCN1C(=O)C2C3C=CC(C3)C2C1=O.I. The van der Waals surface area contributed by atoms with E-state index in [1.54, 1.807) is 25.2 Å². The smallest absolute Gasteiger partial charge is 0.292 e. The number of nitro benzene ring substituents is 1. The van der Waals surface area contributed by atoms with Gasteiger partial charge < -0.3 is 16.0 Å². The number of nitrogens with one attached hydrogen (secondary N) is 3. The Bertz CT molecular complexity index is 922. The number of carbonyl (C=O) groups excluding carboxylic acids is 2. The Hall–Kier alpha value is -2.70. The van der Waals surface area contributed by atoms with E-state index in [1.165, 1.54) is 11.0 Å². The molecule has 11 heteroatoms. The number of hydrogen-bond donors (Lipinski definition) is 3. The molecule has 1 aliphatic heterocycles. The van der Waals surface area contributed by atoms with Crippen LogP contribution in [0.25, 0.3) is 0 Å². The van der Waals surface area contributed by atoms with Gasteiger partial charge in [0.1, 0.15) is 5.69 Å². The Kier molecular flexibility index (Phi) is 7.69. The number of aliphatic imine (C=N–C) groups is 1. The van der Waals surface area contributed by atoms with Crippen molar-refractivity contribution in [2.75, 3.05) is 38.5 Å². The van der Waals surface area contributed by atoms with Gasteiger partial charge in [0, 0.05) is 39.3 Å². The predicted molar refractivity (Wildman–Crippen MR) is 131 cm³/mol. The van der Waals surface area contributed by atoms with Crippen molar-refractivity contribution in [3.8, 4) is 0 Å². The second kappa shape index (κ2) is 10.3. The molecule has 2 amide bonds. The Morgan fingerprint density at radius 3 is 2.34 bits per heavy atom. The van der Waals surface area contributed by atoms with Crippen LogP contribution in [-0.4, -0.2) is 60.8 Å². The molecule has 2 bridgehead atoms. The van der Waals surface area contributed by atoms with E-state index in [9.17, 15) is 19.7 Å². The van der Waals surface area contributed by atoms with E-state index >= 15 is 0 Å². The molecule has 0 radical (unpaired) electrons. The lowest BCUT2D eigenvalue weighted by Gasteiger charge is -2.18. The van der Waals surface area contributed by atoms with Gasteiger partial charge >= 0.3 is 0 Å². The van der Waals surface area contributed by atoms with Gasteiger partial charge in [-0.1, -0.05) is 24.3 Å². The normalized spacial score (nSPS) is 25.5. The molecule has 4 rings (SSSR count). The number of benzene rings is 1. The number of halogens is 1. The molecule has 0 aromatic heterocycles. The summed E-state index contributed by atoms with van der Waals surface area (Å²) in [5.41, 5.74) is 0.482. The monoisotopic (exact) mass is 554 g/mol. The summed E-state index contributed by atoms with van der Waals surface area (Å²) >= 11 is 0. The Labute approximate surface area is 203 Å². The molecule has 2 fully saturated rings. The number of nitrogens with zero attached hydrogens (tertiary/aromatic N) is 3. The van der Waals surface area contributed by atoms with Crippen LogP contribution in [0.15, 0.2) is 41.4 Å². The van der Waals surface area contributed by atoms with E-state index in [4.69, 9.17) is 0 Å². The van der Waals surface area contributed by atoms with Crippen molar-refractivity contribution in [3.63, 3.8) is 0 Å². The number of rotatable bonds is 8. The van der Waals surface area contributed by atoms with Crippen molar-refractivity contribution < 1.29 is 14.5 Å². The summed E-state index contributed by atoms with van der Waals surface area (Å²) in [7, 11) is 1.63. The maximum Gasteiger partial charge on any atom is 0.292 e. The first-order valence-electron chi connectivity index (χ1n) is 10.5. The highest BCUT2D eigenvalue weighted by Crippen LogP contribution is 2.52. The average Bonchev–Trinajstić information content (AvgIpc) is 3.45. The fourth-order valence-corrected chi connectivity index (χ4v) is 4.85. The molecule has 172 valence electrons. The molecule has 1 aromatic rings. The molecule has 10 nitrogen and oxygen atoms in total. The third kappa shape index (κ3) is 4.57. The van der Waals surface area contributed by atoms with E-state index in [-0.39, 0.29) is 65.2 Å². The van der Waals surface area contributed by atoms with Crippen LogP contribution in [0.3, 0.4) is 0 Å². The topological polar surface area (TPSA) is 129 Å². The summed E-state index contributed by atoms with van der Waals surface area (Å²) in [5.74, 6) is 0.514. The lowest BCUT2D eigenvalue weighted by molar-refractivity contribution is -0.384. The molecule has 1 saturated carbocycles. The Balaban J connectivity index is 0.00000289. The first kappa shape index (κ1) is 24.0. The minimum atomic E-state index is -0.424. The van der Waals surface area contributed by atoms with Crippen LogP contribution in [0, 0.1) is 33.8 Å². The van der Waals surface area contributed by atoms with Gasteiger partial charge in [-0.25, -0.2) is 0 Å². The molecular formula is C21H27IN6O4. The molecule has 2 aliphatic carbocycles. The molecule has 1 saturated heterocycles. The quantitative estimate of drug-likeness (QED) is 0.0651. The van der Waals surface area contributed by atoms with Crippen LogP contribution in [0.5, 0.6) is 0 Å². The first-order chi connectivity index (χ1) is 15.0. The second-order valence-corrected chi connectivity index (χ2v) is 7.95. The number of nitro groups is 1. The first-order valence-corrected chi connectivity index (χ1v) is 10.5. The third-order valence-corrected chi connectivity index (χ3v) is 6.25. The van der Waals surface area contributed by atoms with Crippen LogP contribution in [0.2, 0.25) is 0 Å². The molecule has 3 aliphatic rings. The summed E-state index contributed by atoms with van der Waals surface area (Å²) < 4.78 is 0. The summed E-state index contributed by atoms with van der Waals surface area (Å²) in [6.07, 6.45) is 5.10. The second-order valence-electron chi connectivity index (χ2n) is 7.95. The standard InChI is InChI=1S/C21H26N6O4.HI/c1-22-21(24-9-8-23-15-4-2-3-5-16(15)27(30)31)25-10-11-26-19(28)17-13-6-7-14(12-13)18(17)20(26)29;/h2-7,13-14,17-18,23H,8-12H2,1H3,(H2,22,24,25);1H. The van der Waals surface area contributed by atoms with Gasteiger partial charge in [0.05, 0.1) is 16.8 Å². The van der Waals surface area contributed by atoms with Crippen LogP contribution in [0.1, 0.15) is 6.42 Å². The van der Waals surface area contributed by atoms with Gasteiger partial charge in [0.2, 0.25) is 11.8 Å². The van der Waals surface area contributed by atoms with Crippen LogP contribution in [-0.2, 0) is 9.59 Å². The van der Waals surface area contributed by atoms with E-state index in [0.717, 1.165) is 6.42 Å². The van der Waals surface area contributed by atoms with E-state index in [2.05, 4.69) is 33.1 Å². The molecule has 32 heavy (non-hydrogen) atoms. The highest BCUT2D eigenvalue weighted by atomic mass is 127. The molecular weight excluding hydrogens is 527 g/mol. The largest absolute Gasteiger partial charge is 0.378 e. The minimum Gasteiger partial charge on any atom is -0.378 e. The number of imide groups is 1. The van der Waals surface area contributed by atoms with Gasteiger partial charge in [-0.3, -0.25) is 29.6 Å². The van der Waals surface area contributed by atoms with Crippen LogP contribution < -0.4 is 16.0 Å². The maximum absolute atomic E-state index is 12.7. The Morgan fingerprint density at radius 2 is 1.72 bits per heavy atom. The molecule has 1 heterocycles. The van der Waals surface area contributed by atoms with Crippen LogP contribution in [0.4, 0.5) is 11.4 Å². The fraction of sp³-hybridized carbons (Fsp3) is 0.476. The molecule has 3 N–H and O–H groups in total. The van der Waals surface area contributed by atoms with Crippen molar-refractivity contribution in [2.24, 2.45) is 28.7 Å². The maximum atomic E-state index is 12.7. The highest BCUT2D eigenvalue weighted by molar-refractivity contribution is 14.0. The number of anilines is 1. The van der Waals surface area contributed by atoms with Gasteiger partial charge in [-0.2, -0.15) is 0 Å². The zero-order valence-electron chi connectivity index (χ0n) is 17.7. The zero-order valence-corrected chi connectivity index (χ0v) is 20.0. The minimum absolute atomic E-state index is 0. The lowest BCUT2D eigenvalue weighted by Crippen LogP contribution is -2.44. The summed E-state index contributed by atoms with van der Waals surface area (Å²) in [6, 6.07) is 6.47. The molecule has 4 unspecified atom stereocenters. The third-order valence-electron chi connectivity index (χ3n) is 6.25. The number of likely N-dealkylation sites (tertiary alicyclic amines) is 1. The lowest BCUT2D eigenvalue weighted by atomic mass is 9.85. The van der Waals surface area contributed by atoms with E-state index in [0.29, 0.717) is 37.8 Å². The summed E-state index contributed by atoms with van der Waals surface area (Å²) in [5, 5.41) is 20.3. The number of amides is 2. The number of guanidine groups is 1. The van der Waals surface area contributed by atoms with Gasteiger partial charge in [-0.15, -0.1) is 24.0 Å². The number of hydrogen-bond acceptors (Lipinski definition) is 6. The molecule has 1 aromatic carbocycles. The van der Waals surface area contributed by atoms with Crippen molar-refractivity contribution in [1.82, 2.24) is 15.5 Å². The molecule has 0 spiro atoms. The van der Waals surface area contributed by atoms with Crippen molar-refractivity contribution in [3.05, 3.63) is 46.5 Å². The summed E-state index contributed by atoms with van der Waals surface area (Å²) in [6.45, 7) is 1.64. The van der Waals surface area contributed by atoms with Gasteiger partial charge in [0.25, 0.3) is 5.69 Å². The van der Waals surface area contributed by atoms with Crippen molar-refractivity contribution in [2.45, 2.75) is 6.42 Å². The number of fused-ring (bicyclic) bond motifs is 5. The molecule has 4 atom stereocenters. The number of para-hydroxylation sites is 2. The van der Waals surface area contributed by atoms with Gasteiger partial charge in [-0.05, 0) is 24.3 Å². The highest BCUT2D eigenvalue weighted by Gasteiger charge is 2.58. The number of allylic oxidation sites excluding steroid dienone is 2. The van der Waals surface area contributed by atoms with Gasteiger partial charge in [0.15, 0.2) is 5.96 Å². The van der Waals surface area contributed by atoms with E-state index in [1.807, 2.05) is 0 Å².